The Balaban J connectivity index is 1.68. The Hall–Kier alpha value is -2.30. The lowest BCUT2D eigenvalue weighted by Gasteiger charge is -2.23. The molecular weight excluding hydrogens is 390 g/mol. The summed E-state index contributed by atoms with van der Waals surface area (Å²) in [5.74, 6) is 0. The van der Waals surface area contributed by atoms with Crippen LogP contribution in [-0.4, -0.2) is 50.5 Å². The SMILES string of the molecule is Cn1cncc1P(CCP(c1cncn1C)c1cncn1C)c1cncn1C. The monoisotopic (exact) mass is 414 g/mol. The lowest BCUT2D eigenvalue weighted by Crippen LogP contribution is -2.28. The maximum atomic E-state index is 4.36. The van der Waals surface area contributed by atoms with Crippen molar-refractivity contribution in [2.45, 2.75) is 0 Å². The Morgan fingerprint density at radius 2 is 0.786 bits per heavy atom. The fourth-order valence-corrected chi connectivity index (χ4v) is 8.87. The molecule has 0 bridgehead atoms. The molecule has 4 aromatic heterocycles. The van der Waals surface area contributed by atoms with Gasteiger partial charge in [-0.2, -0.15) is 0 Å². The van der Waals surface area contributed by atoms with Crippen molar-refractivity contribution in [2.24, 2.45) is 28.2 Å². The second-order valence-electron chi connectivity index (χ2n) is 6.75. The van der Waals surface area contributed by atoms with E-state index in [-0.39, 0.29) is 0 Å². The largest absolute Gasteiger partial charge is 0.334 e. The van der Waals surface area contributed by atoms with E-state index < -0.39 is 15.8 Å². The summed E-state index contributed by atoms with van der Waals surface area (Å²) in [6.07, 6.45) is 17.6. The molecule has 4 aromatic rings. The van der Waals surface area contributed by atoms with Crippen molar-refractivity contribution in [3.63, 3.8) is 0 Å². The van der Waals surface area contributed by atoms with Gasteiger partial charge in [0.25, 0.3) is 0 Å². The highest BCUT2D eigenvalue weighted by molar-refractivity contribution is 7.76. The van der Waals surface area contributed by atoms with Gasteiger partial charge in [-0.3, -0.25) is 0 Å². The highest BCUT2D eigenvalue weighted by Crippen LogP contribution is 2.40. The number of aromatic nitrogens is 8. The maximum absolute atomic E-state index is 4.36. The number of hydrogen-bond acceptors (Lipinski definition) is 4. The van der Waals surface area contributed by atoms with Crippen LogP contribution in [0.25, 0.3) is 0 Å². The van der Waals surface area contributed by atoms with E-state index in [0.717, 1.165) is 12.3 Å². The van der Waals surface area contributed by atoms with E-state index >= 15 is 0 Å². The van der Waals surface area contributed by atoms with E-state index in [0.29, 0.717) is 0 Å². The van der Waals surface area contributed by atoms with Gasteiger partial charge in [0.05, 0.1) is 71.8 Å². The van der Waals surface area contributed by atoms with Gasteiger partial charge in [-0.1, -0.05) is 0 Å². The summed E-state index contributed by atoms with van der Waals surface area (Å²) >= 11 is 0. The summed E-state index contributed by atoms with van der Waals surface area (Å²) in [6.45, 7) is 0. The second-order valence-corrected chi connectivity index (χ2v) is 11.2. The third kappa shape index (κ3) is 3.54. The Kier molecular flexibility index (Phi) is 5.42. The molecule has 0 aliphatic heterocycles. The number of hydrogen-bond donors (Lipinski definition) is 0. The molecule has 28 heavy (non-hydrogen) atoms. The second kappa shape index (κ2) is 7.98. The molecule has 10 heteroatoms. The Labute approximate surface area is 166 Å². The standard InChI is InChI=1S/C18H24N8P2/c1-23-11-19-7-15(23)27(16-8-20-12-24(16)2)5-6-28(17-9-21-13-25(17)3)18-10-22-14-26(18)4/h7-14H,5-6H2,1-4H3. The Morgan fingerprint density at radius 3 is 0.964 bits per heavy atom. The van der Waals surface area contributed by atoms with Crippen LogP contribution in [0, 0.1) is 0 Å². The zero-order valence-electron chi connectivity index (χ0n) is 16.5. The fraction of sp³-hybridized carbons (Fsp3) is 0.333. The molecule has 0 N–H and O–H groups in total. The third-order valence-corrected chi connectivity index (χ3v) is 10.4. The van der Waals surface area contributed by atoms with E-state index in [9.17, 15) is 0 Å². The molecule has 0 aliphatic carbocycles. The highest BCUT2D eigenvalue weighted by atomic mass is 31.1. The molecule has 0 atom stereocenters. The molecule has 0 amide bonds. The molecule has 0 saturated carbocycles. The summed E-state index contributed by atoms with van der Waals surface area (Å²) in [5.41, 5.74) is 5.07. The third-order valence-electron chi connectivity index (χ3n) is 4.82. The van der Waals surface area contributed by atoms with Crippen LogP contribution < -0.4 is 21.7 Å². The van der Waals surface area contributed by atoms with Crippen LogP contribution in [0.5, 0.6) is 0 Å². The van der Waals surface area contributed by atoms with E-state index in [1.54, 1.807) is 0 Å². The van der Waals surface area contributed by atoms with Crippen molar-refractivity contribution in [1.82, 2.24) is 38.2 Å². The Morgan fingerprint density at radius 1 is 0.536 bits per heavy atom. The zero-order chi connectivity index (χ0) is 19.7. The van der Waals surface area contributed by atoms with Gasteiger partial charge < -0.3 is 18.3 Å². The molecule has 0 aliphatic rings. The van der Waals surface area contributed by atoms with E-state index in [4.69, 9.17) is 0 Å². The molecule has 0 radical (unpaired) electrons. The van der Waals surface area contributed by atoms with Crippen molar-refractivity contribution in [2.75, 3.05) is 12.3 Å². The van der Waals surface area contributed by atoms with Gasteiger partial charge in [0.2, 0.25) is 0 Å². The lowest BCUT2D eigenvalue weighted by molar-refractivity contribution is 0.929. The lowest BCUT2D eigenvalue weighted by atomic mass is 10.9. The van der Waals surface area contributed by atoms with Crippen LogP contribution in [0.1, 0.15) is 0 Å². The van der Waals surface area contributed by atoms with Crippen LogP contribution >= 0.6 is 15.8 Å². The predicted molar refractivity (Wildman–Crippen MR) is 115 cm³/mol. The molecule has 0 unspecified atom stereocenters. The minimum atomic E-state index is -0.564. The summed E-state index contributed by atoms with van der Waals surface area (Å²) in [5, 5.41) is 0. The fourth-order valence-electron chi connectivity index (χ4n) is 3.33. The quantitative estimate of drug-likeness (QED) is 0.405. The van der Waals surface area contributed by atoms with Gasteiger partial charge >= 0.3 is 0 Å². The van der Waals surface area contributed by atoms with E-state index in [1.807, 2.05) is 50.1 Å². The highest BCUT2D eigenvalue weighted by Gasteiger charge is 2.25. The van der Waals surface area contributed by atoms with Crippen molar-refractivity contribution in [3.05, 3.63) is 50.1 Å². The van der Waals surface area contributed by atoms with Crippen LogP contribution in [0.4, 0.5) is 0 Å². The number of nitrogens with zero attached hydrogens (tertiary/aromatic N) is 8. The Bertz CT molecular complexity index is 894. The first kappa shape index (κ1) is 19.0. The summed E-state index contributed by atoms with van der Waals surface area (Å²) < 4.78 is 8.54. The molecule has 0 aromatic carbocycles. The van der Waals surface area contributed by atoms with Gasteiger partial charge in [0.15, 0.2) is 0 Å². The first-order valence-corrected chi connectivity index (χ1v) is 12.0. The van der Waals surface area contributed by atoms with E-state index in [2.05, 4.69) is 66.4 Å². The minimum Gasteiger partial charge on any atom is -0.334 e. The van der Waals surface area contributed by atoms with Gasteiger partial charge in [-0.25, -0.2) is 19.9 Å². The topological polar surface area (TPSA) is 71.3 Å². The number of rotatable bonds is 7. The molecule has 4 heterocycles. The predicted octanol–water partition coefficient (Wildman–Crippen LogP) is 0.186. The average Bonchev–Trinajstić information content (AvgIpc) is 3.45. The maximum Gasteiger partial charge on any atom is 0.0948 e. The normalized spacial score (nSPS) is 11.8. The number of aryl methyl sites for hydroxylation is 4. The summed E-state index contributed by atoms with van der Waals surface area (Å²) in [7, 11) is 7.15. The van der Waals surface area contributed by atoms with Gasteiger partial charge in [-0.05, 0) is 28.2 Å². The molecule has 8 nitrogen and oxygen atoms in total. The van der Waals surface area contributed by atoms with Crippen LogP contribution in [0.15, 0.2) is 50.1 Å². The molecular formula is C18H24N8P2. The molecule has 0 saturated heterocycles. The van der Waals surface area contributed by atoms with Gasteiger partial charge in [0, 0.05) is 28.2 Å². The summed E-state index contributed by atoms with van der Waals surface area (Å²) in [6, 6.07) is 0. The van der Waals surface area contributed by atoms with Gasteiger partial charge in [-0.15, -0.1) is 0 Å². The molecule has 0 spiro atoms. The van der Waals surface area contributed by atoms with Gasteiger partial charge in [0.1, 0.15) is 0 Å². The minimum absolute atomic E-state index is 0.564. The van der Waals surface area contributed by atoms with Crippen LogP contribution in [-0.2, 0) is 28.2 Å². The number of imidazole rings is 4. The van der Waals surface area contributed by atoms with Crippen LogP contribution in [0.2, 0.25) is 0 Å². The summed E-state index contributed by atoms with van der Waals surface area (Å²) in [4.78, 5) is 17.5. The molecule has 146 valence electrons. The molecule has 4 rings (SSSR count). The van der Waals surface area contributed by atoms with Crippen molar-refractivity contribution in [1.29, 1.82) is 0 Å². The van der Waals surface area contributed by atoms with Crippen LogP contribution in [0.3, 0.4) is 0 Å². The zero-order valence-corrected chi connectivity index (χ0v) is 18.3. The molecule has 0 fully saturated rings. The van der Waals surface area contributed by atoms with Crippen molar-refractivity contribution >= 4 is 37.6 Å². The van der Waals surface area contributed by atoms with Crippen molar-refractivity contribution < 1.29 is 0 Å². The first-order valence-electron chi connectivity index (χ1n) is 8.96. The smallest absolute Gasteiger partial charge is 0.0948 e. The van der Waals surface area contributed by atoms with E-state index in [1.165, 1.54) is 21.7 Å². The van der Waals surface area contributed by atoms with Crippen molar-refractivity contribution in [3.8, 4) is 0 Å². The first-order chi connectivity index (χ1) is 13.6. The average molecular weight is 414 g/mol.